The van der Waals surface area contributed by atoms with Crippen molar-refractivity contribution in [2.75, 3.05) is 6.54 Å². The summed E-state index contributed by atoms with van der Waals surface area (Å²) in [5.41, 5.74) is 1.26. The first-order valence-corrected chi connectivity index (χ1v) is 11.0. The number of fused-ring (bicyclic) bond motifs is 2. The van der Waals surface area contributed by atoms with E-state index in [4.69, 9.17) is 9.47 Å². The average Bonchev–Trinajstić information content (AvgIpc) is 3.17. The number of rotatable bonds is 2. The molecule has 4 heterocycles. The van der Waals surface area contributed by atoms with Gasteiger partial charge in [0.25, 0.3) is 0 Å². The Balaban J connectivity index is 1.62. The van der Waals surface area contributed by atoms with Crippen molar-refractivity contribution < 1.29 is 24.2 Å². The molecule has 0 spiro atoms. The molecule has 5 rings (SSSR count). The first-order chi connectivity index (χ1) is 13.4. The van der Waals surface area contributed by atoms with E-state index in [9.17, 15) is 14.7 Å². The Morgan fingerprint density at radius 3 is 2.64 bits per heavy atom. The molecule has 5 aliphatic rings. The van der Waals surface area contributed by atoms with Gasteiger partial charge in [-0.25, -0.2) is 0 Å². The van der Waals surface area contributed by atoms with Gasteiger partial charge < -0.3 is 19.5 Å². The minimum Gasteiger partial charge on any atom is -0.461 e. The van der Waals surface area contributed by atoms with E-state index in [-0.39, 0.29) is 53.9 Å². The summed E-state index contributed by atoms with van der Waals surface area (Å²) in [5, 5.41) is 12.1. The molecule has 0 aromatic rings. The summed E-state index contributed by atoms with van der Waals surface area (Å²) in [7, 11) is 0. The summed E-state index contributed by atoms with van der Waals surface area (Å²) in [4.78, 5) is 26.9. The first kappa shape index (κ1) is 18.5. The molecule has 0 radical (unpaired) electrons. The molecular formula is C22H31NO5. The third kappa shape index (κ3) is 2.30. The lowest BCUT2D eigenvalue weighted by atomic mass is 9.63. The highest BCUT2D eigenvalue weighted by molar-refractivity contribution is 5.76. The number of hydrogen-bond donors (Lipinski definition) is 1. The van der Waals surface area contributed by atoms with E-state index in [0.29, 0.717) is 12.8 Å². The summed E-state index contributed by atoms with van der Waals surface area (Å²) < 4.78 is 11.6. The fraction of sp³-hybridized carbons (Fsp3) is 0.818. The molecule has 3 saturated heterocycles. The number of esters is 2. The minimum atomic E-state index is -1.06. The van der Waals surface area contributed by atoms with Crippen LogP contribution in [0.25, 0.3) is 0 Å². The normalized spacial score (nSPS) is 47.6. The monoisotopic (exact) mass is 389 g/mol. The molecule has 0 aromatic carbocycles. The summed E-state index contributed by atoms with van der Waals surface area (Å²) in [6.45, 7) is 6.85. The zero-order chi connectivity index (χ0) is 19.8. The third-order valence-electron chi connectivity index (χ3n) is 8.05. The smallest absolute Gasteiger partial charge is 0.309 e. The fourth-order valence-corrected chi connectivity index (χ4v) is 6.82. The van der Waals surface area contributed by atoms with E-state index < -0.39 is 5.60 Å². The zero-order valence-corrected chi connectivity index (χ0v) is 17.0. The van der Waals surface area contributed by atoms with E-state index in [1.165, 1.54) is 5.57 Å². The maximum Gasteiger partial charge on any atom is 0.309 e. The summed E-state index contributed by atoms with van der Waals surface area (Å²) in [6, 6.07) is -0.0128. The molecular weight excluding hydrogens is 358 g/mol. The Labute approximate surface area is 166 Å². The highest BCUT2D eigenvalue weighted by Gasteiger charge is 2.66. The Kier molecular flexibility index (Phi) is 4.10. The van der Waals surface area contributed by atoms with Gasteiger partial charge in [0.15, 0.2) is 0 Å². The van der Waals surface area contributed by atoms with Crippen LogP contribution in [0.4, 0.5) is 0 Å². The summed E-state index contributed by atoms with van der Waals surface area (Å²) in [5.74, 6) is -0.757. The van der Waals surface area contributed by atoms with Crippen molar-refractivity contribution >= 4 is 11.9 Å². The molecule has 6 nitrogen and oxygen atoms in total. The molecule has 3 fully saturated rings. The lowest BCUT2D eigenvalue weighted by Crippen LogP contribution is -2.52. The number of cyclic esters (lactones) is 1. The average molecular weight is 389 g/mol. The lowest BCUT2D eigenvalue weighted by Gasteiger charge is -2.45. The van der Waals surface area contributed by atoms with Crippen LogP contribution in [-0.4, -0.2) is 52.3 Å². The Bertz CT molecular complexity index is 747. The van der Waals surface area contributed by atoms with Crippen molar-refractivity contribution in [3.63, 3.8) is 0 Å². The molecule has 6 heteroatoms. The summed E-state index contributed by atoms with van der Waals surface area (Å²) >= 11 is 0. The number of carbonyl (C=O) groups excluding carboxylic acids is 2. The second kappa shape index (κ2) is 6.22. The van der Waals surface area contributed by atoms with E-state index in [0.717, 1.165) is 37.9 Å². The van der Waals surface area contributed by atoms with E-state index in [1.807, 2.05) is 13.8 Å². The number of ether oxygens (including phenoxy) is 2. The third-order valence-corrected chi connectivity index (χ3v) is 8.05. The second-order valence-electron chi connectivity index (χ2n) is 9.56. The molecule has 0 saturated carbocycles. The van der Waals surface area contributed by atoms with Gasteiger partial charge in [0, 0.05) is 30.5 Å². The van der Waals surface area contributed by atoms with Gasteiger partial charge >= 0.3 is 11.9 Å². The van der Waals surface area contributed by atoms with Crippen LogP contribution in [0.15, 0.2) is 11.3 Å². The maximum atomic E-state index is 12.5. The Morgan fingerprint density at radius 2 is 1.96 bits per heavy atom. The first-order valence-electron chi connectivity index (χ1n) is 11.0. The van der Waals surface area contributed by atoms with Crippen LogP contribution in [0.3, 0.4) is 0 Å². The number of aliphatic hydroxyl groups is 1. The maximum absolute atomic E-state index is 12.5. The van der Waals surface area contributed by atoms with E-state index in [2.05, 4.69) is 11.8 Å². The van der Waals surface area contributed by atoms with Crippen molar-refractivity contribution in [1.82, 2.24) is 4.90 Å². The van der Waals surface area contributed by atoms with Gasteiger partial charge in [-0.05, 0) is 37.7 Å². The standard InChI is InChI=1S/C22H31NO5/c1-4-13-14-7-5-6-8-23-15(16-9-11(2)20(24)27-16)10-22(26,19(14)23)17-12(3)21(25)28-18(13)17/h11-13,15-18,26H,4-10H2,1-3H3. The van der Waals surface area contributed by atoms with Gasteiger partial charge in [0.2, 0.25) is 0 Å². The molecule has 8 unspecified atom stereocenters. The van der Waals surface area contributed by atoms with E-state index >= 15 is 0 Å². The van der Waals surface area contributed by atoms with Crippen LogP contribution in [0.5, 0.6) is 0 Å². The van der Waals surface area contributed by atoms with Crippen LogP contribution in [0, 0.1) is 23.7 Å². The molecule has 0 bridgehead atoms. The van der Waals surface area contributed by atoms with Crippen molar-refractivity contribution in [2.45, 2.75) is 83.1 Å². The predicted molar refractivity (Wildman–Crippen MR) is 101 cm³/mol. The van der Waals surface area contributed by atoms with Crippen LogP contribution >= 0.6 is 0 Å². The lowest BCUT2D eigenvalue weighted by molar-refractivity contribution is -0.146. The predicted octanol–water partition coefficient (Wildman–Crippen LogP) is 2.40. The van der Waals surface area contributed by atoms with Gasteiger partial charge in [-0.2, -0.15) is 0 Å². The molecule has 8 atom stereocenters. The molecule has 0 amide bonds. The van der Waals surface area contributed by atoms with Crippen molar-refractivity contribution in [3.05, 3.63) is 11.3 Å². The quantitative estimate of drug-likeness (QED) is 0.731. The second-order valence-corrected chi connectivity index (χ2v) is 9.56. The number of nitrogens with zero attached hydrogens (tertiary/aromatic N) is 1. The minimum absolute atomic E-state index is 0.0128. The summed E-state index contributed by atoms with van der Waals surface area (Å²) in [6.07, 6.45) is 4.81. The van der Waals surface area contributed by atoms with Crippen LogP contribution in [0.2, 0.25) is 0 Å². The largest absolute Gasteiger partial charge is 0.461 e. The Morgan fingerprint density at radius 1 is 1.18 bits per heavy atom. The molecule has 0 aromatic heterocycles. The van der Waals surface area contributed by atoms with Crippen LogP contribution in [-0.2, 0) is 19.1 Å². The molecule has 28 heavy (non-hydrogen) atoms. The van der Waals surface area contributed by atoms with Crippen LogP contribution < -0.4 is 0 Å². The molecule has 154 valence electrons. The van der Waals surface area contributed by atoms with E-state index in [1.54, 1.807) is 0 Å². The topological polar surface area (TPSA) is 76.1 Å². The molecule has 4 aliphatic heterocycles. The van der Waals surface area contributed by atoms with Gasteiger partial charge in [-0.15, -0.1) is 0 Å². The van der Waals surface area contributed by atoms with Gasteiger partial charge in [-0.1, -0.05) is 20.8 Å². The van der Waals surface area contributed by atoms with Crippen molar-refractivity contribution in [1.29, 1.82) is 0 Å². The molecule has 1 N–H and O–H groups in total. The molecule has 1 aliphatic carbocycles. The van der Waals surface area contributed by atoms with Crippen LogP contribution in [0.1, 0.15) is 59.3 Å². The fourth-order valence-electron chi connectivity index (χ4n) is 6.82. The number of hydrogen-bond acceptors (Lipinski definition) is 6. The van der Waals surface area contributed by atoms with Crippen molar-refractivity contribution in [2.24, 2.45) is 23.7 Å². The van der Waals surface area contributed by atoms with Gasteiger partial charge in [-0.3, -0.25) is 9.59 Å². The van der Waals surface area contributed by atoms with Gasteiger partial charge in [0.1, 0.15) is 17.8 Å². The highest BCUT2D eigenvalue weighted by Crippen LogP contribution is 2.59. The van der Waals surface area contributed by atoms with Gasteiger partial charge in [0.05, 0.1) is 17.9 Å². The SMILES string of the molecule is CCC1C2=C3N(CCCC2)C(C2CC(C)C(=O)O2)CC3(O)C2C(C)C(=O)OC12. The Hall–Kier alpha value is -1.56. The zero-order valence-electron chi connectivity index (χ0n) is 17.0. The van der Waals surface area contributed by atoms with Crippen molar-refractivity contribution in [3.8, 4) is 0 Å². The highest BCUT2D eigenvalue weighted by atomic mass is 16.6. The number of carbonyl (C=O) groups is 2.